The lowest BCUT2D eigenvalue weighted by molar-refractivity contribution is -0.123. The van der Waals surface area contributed by atoms with Gasteiger partial charge >= 0.3 is 0 Å². The zero-order chi connectivity index (χ0) is 16.4. The van der Waals surface area contributed by atoms with Gasteiger partial charge < -0.3 is 10.2 Å². The molecule has 0 radical (unpaired) electrons. The van der Waals surface area contributed by atoms with E-state index >= 15 is 0 Å². The Morgan fingerprint density at radius 2 is 1.91 bits per heavy atom. The summed E-state index contributed by atoms with van der Waals surface area (Å²) in [4.78, 5) is 25.8. The number of anilines is 1. The van der Waals surface area contributed by atoms with Gasteiger partial charge in [-0.3, -0.25) is 9.59 Å². The van der Waals surface area contributed by atoms with E-state index < -0.39 is 0 Å². The Labute approximate surface area is 136 Å². The predicted molar refractivity (Wildman–Crippen MR) is 87.3 cm³/mol. The number of nitriles is 1. The molecule has 1 aromatic carbocycles. The van der Waals surface area contributed by atoms with Crippen LogP contribution in [-0.4, -0.2) is 30.8 Å². The van der Waals surface area contributed by atoms with Crippen molar-refractivity contribution in [2.45, 2.75) is 38.6 Å². The Morgan fingerprint density at radius 3 is 2.48 bits per heavy atom. The summed E-state index contributed by atoms with van der Waals surface area (Å²) in [6.07, 6.45) is 3.78. The number of nitrogens with zero attached hydrogens (tertiary/aromatic N) is 2. The van der Waals surface area contributed by atoms with Crippen LogP contribution in [0.25, 0.3) is 0 Å². The van der Waals surface area contributed by atoms with Crippen molar-refractivity contribution in [3.63, 3.8) is 0 Å². The Hall–Kier alpha value is -2.35. The molecule has 5 nitrogen and oxygen atoms in total. The Kier molecular flexibility index (Phi) is 4.33. The average Bonchev–Trinajstić information content (AvgIpc) is 3.40. The van der Waals surface area contributed by atoms with Crippen LogP contribution < -0.4 is 10.2 Å². The van der Waals surface area contributed by atoms with Crippen molar-refractivity contribution < 1.29 is 9.59 Å². The van der Waals surface area contributed by atoms with Crippen molar-refractivity contribution in [2.24, 2.45) is 5.92 Å². The van der Waals surface area contributed by atoms with E-state index in [2.05, 4.69) is 16.3 Å². The SMILES string of the molecule is CC(=O)c1ccc(C#N)cc1N1CCC(NC(=O)C2CC2)CC1. The van der Waals surface area contributed by atoms with E-state index in [4.69, 9.17) is 5.26 Å². The van der Waals surface area contributed by atoms with Crippen molar-refractivity contribution in [3.8, 4) is 6.07 Å². The largest absolute Gasteiger partial charge is 0.371 e. The quantitative estimate of drug-likeness (QED) is 0.866. The van der Waals surface area contributed by atoms with E-state index in [1.807, 2.05) is 0 Å². The number of rotatable bonds is 4. The van der Waals surface area contributed by atoms with Gasteiger partial charge in [0.25, 0.3) is 0 Å². The fourth-order valence-corrected chi connectivity index (χ4v) is 3.09. The highest BCUT2D eigenvalue weighted by Gasteiger charge is 2.32. The molecule has 1 N–H and O–H groups in total. The molecule has 1 aromatic rings. The van der Waals surface area contributed by atoms with Gasteiger partial charge in [-0.15, -0.1) is 0 Å². The number of carbonyl (C=O) groups is 2. The lowest BCUT2D eigenvalue weighted by Gasteiger charge is -2.35. The maximum atomic E-state index is 11.8. The summed E-state index contributed by atoms with van der Waals surface area (Å²) in [5, 5.41) is 12.2. The van der Waals surface area contributed by atoms with Gasteiger partial charge in [0.2, 0.25) is 5.91 Å². The molecular formula is C18H21N3O2. The summed E-state index contributed by atoms with van der Waals surface area (Å²) >= 11 is 0. The van der Waals surface area contributed by atoms with Crippen LogP contribution in [0.3, 0.4) is 0 Å². The summed E-state index contributed by atoms with van der Waals surface area (Å²) < 4.78 is 0. The van der Waals surface area contributed by atoms with Gasteiger partial charge in [-0.25, -0.2) is 0 Å². The van der Waals surface area contributed by atoms with Gasteiger partial charge in [0.05, 0.1) is 11.6 Å². The number of hydrogen-bond acceptors (Lipinski definition) is 4. The molecule has 5 heteroatoms. The first-order valence-corrected chi connectivity index (χ1v) is 8.19. The summed E-state index contributed by atoms with van der Waals surface area (Å²) in [7, 11) is 0. The second-order valence-corrected chi connectivity index (χ2v) is 6.44. The number of nitrogens with one attached hydrogen (secondary N) is 1. The number of piperidine rings is 1. The molecule has 1 aliphatic carbocycles. The fourth-order valence-electron chi connectivity index (χ4n) is 3.09. The predicted octanol–water partition coefficient (Wildman–Crippen LogP) is 2.26. The molecule has 0 unspecified atom stereocenters. The third kappa shape index (κ3) is 3.53. The summed E-state index contributed by atoms with van der Waals surface area (Å²) in [6.45, 7) is 3.11. The lowest BCUT2D eigenvalue weighted by Crippen LogP contribution is -2.45. The molecule has 1 heterocycles. The standard InChI is InChI=1S/C18H21N3O2/c1-12(22)16-5-2-13(11-19)10-17(16)21-8-6-15(7-9-21)20-18(23)14-3-4-14/h2,5,10,14-15H,3-4,6-9H2,1H3,(H,20,23). The number of benzene rings is 1. The maximum absolute atomic E-state index is 11.8. The molecule has 120 valence electrons. The van der Waals surface area contributed by atoms with Crippen LogP contribution in [0.2, 0.25) is 0 Å². The molecule has 3 rings (SSSR count). The summed E-state index contributed by atoms with van der Waals surface area (Å²) in [6, 6.07) is 7.56. The maximum Gasteiger partial charge on any atom is 0.223 e. The first kappa shape index (κ1) is 15.5. The molecular weight excluding hydrogens is 290 g/mol. The Morgan fingerprint density at radius 1 is 1.22 bits per heavy atom. The lowest BCUT2D eigenvalue weighted by atomic mass is 10.0. The van der Waals surface area contributed by atoms with E-state index in [0.717, 1.165) is 44.5 Å². The van der Waals surface area contributed by atoms with Gasteiger partial charge in [-0.05, 0) is 50.8 Å². The molecule has 1 amide bonds. The molecule has 0 bridgehead atoms. The average molecular weight is 311 g/mol. The third-order valence-corrected chi connectivity index (χ3v) is 4.64. The zero-order valence-electron chi connectivity index (χ0n) is 13.3. The first-order chi connectivity index (χ1) is 11.1. The highest BCUT2D eigenvalue weighted by atomic mass is 16.2. The minimum Gasteiger partial charge on any atom is -0.371 e. The van der Waals surface area contributed by atoms with Crippen molar-refractivity contribution in [3.05, 3.63) is 29.3 Å². The van der Waals surface area contributed by atoms with Crippen LogP contribution in [0.1, 0.15) is 48.5 Å². The van der Waals surface area contributed by atoms with E-state index in [1.165, 1.54) is 0 Å². The molecule has 1 saturated carbocycles. The highest BCUT2D eigenvalue weighted by molar-refractivity contribution is 6.00. The molecule has 1 saturated heterocycles. The Balaban J connectivity index is 1.68. The number of hydrogen-bond donors (Lipinski definition) is 1. The van der Waals surface area contributed by atoms with Gasteiger partial charge in [0.1, 0.15) is 0 Å². The van der Waals surface area contributed by atoms with Crippen LogP contribution in [0.15, 0.2) is 18.2 Å². The van der Waals surface area contributed by atoms with Crippen molar-refractivity contribution in [2.75, 3.05) is 18.0 Å². The van der Waals surface area contributed by atoms with Crippen molar-refractivity contribution in [1.82, 2.24) is 5.32 Å². The normalized spacial score (nSPS) is 18.3. The molecule has 2 aliphatic rings. The third-order valence-electron chi connectivity index (χ3n) is 4.64. The summed E-state index contributed by atoms with van der Waals surface area (Å²) in [5.41, 5.74) is 2.06. The smallest absolute Gasteiger partial charge is 0.223 e. The fraction of sp³-hybridized carbons (Fsp3) is 0.500. The molecule has 1 aliphatic heterocycles. The number of ketones is 1. The molecule has 0 aromatic heterocycles. The van der Waals surface area contributed by atoms with Crippen LogP contribution in [-0.2, 0) is 4.79 Å². The van der Waals surface area contributed by atoms with E-state index in [9.17, 15) is 9.59 Å². The van der Waals surface area contributed by atoms with Gasteiger partial charge in [0.15, 0.2) is 5.78 Å². The Bertz CT molecular complexity index is 665. The van der Waals surface area contributed by atoms with E-state index in [1.54, 1.807) is 25.1 Å². The number of carbonyl (C=O) groups excluding carboxylic acids is 2. The topological polar surface area (TPSA) is 73.2 Å². The monoisotopic (exact) mass is 311 g/mol. The number of amides is 1. The van der Waals surface area contributed by atoms with Gasteiger partial charge in [-0.1, -0.05) is 0 Å². The van der Waals surface area contributed by atoms with Crippen LogP contribution in [0.5, 0.6) is 0 Å². The highest BCUT2D eigenvalue weighted by Crippen LogP contribution is 2.30. The van der Waals surface area contributed by atoms with Gasteiger partial charge in [0, 0.05) is 36.3 Å². The summed E-state index contributed by atoms with van der Waals surface area (Å²) in [5.74, 6) is 0.442. The van der Waals surface area contributed by atoms with E-state index in [0.29, 0.717) is 11.1 Å². The second kappa shape index (κ2) is 6.41. The van der Waals surface area contributed by atoms with E-state index in [-0.39, 0.29) is 23.7 Å². The molecule has 0 atom stereocenters. The number of Topliss-reactive ketones (excluding diaryl/α,β-unsaturated/α-hetero) is 1. The van der Waals surface area contributed by atoms with Crippen LogP contribution >= 0.6 is 0 Å². The minimum absolute atomic E-state index is 0.00801. The van der Waals surface area contributed by atoms with Gasteiger partial charge in [-0.2, -0.15) is 5.26 Å². The van der Waals surface area contributed by atoms with Crippen LogP contribution in [0.4, 0.5) is 5.69 Å². The van der Waals surface area contributed by atoms with Crippen LogP contribution in [0, 0.1) is 17.2 Å². The molecule has 2 fully saturated rings. The minimum atomic E-state index is 0.00801. The zero-order valence-corrected chi connectivity index (χ0v) is 13.3. The second-order valence-electron chi connectivity index (χ2n) is 6.44. The molecule has 0 spiro atoms. The first-order valence-electron chi connectivity index (χ1n) is 8.19. The van der Waals surface area contributed by atoms with Crippen molar-refractivity contribution in [1.29, 1.82) is 5.26 Å². The van der Waals surface area contributed by atoms with Crippen molar-refractivity contribution >= 4 is 17.4 Å². The molecule has 23 heavy (non-hydrogen) atoms.